The van der Waals surface area contributed by atoms with Gasteiger partial charge in [0.15, 0.2) is 0 Å². The minimum atomic E-state index is -0.659. The van der Waals surface area contributed by atoms with E-state index in [0.717, 1.165) is 11.0 Å². The van der Waals surface area contributed by atoms with Gasteiger partial charge in [-0.1, -0.05) is 18.5 Å². The van der Waals surface area contributed by atoms with Crippen LogP contribution in [0, 0.1) is 16.0 Å². The highest BCUT2D eigenvalue weighted by Gasteiger charge is 2.32. The highest BCUT2D eigenvalue weighted by atomic mass is 35.5. The number of nitrogens with zero attached hydrogens (tertiary/aromatic N) is 2. The Bertz CT molecular complexity index is 573. The first-order valence-electron chi connectivity index (χ1n) is 5.68. The van der Waals surface area contributed by atoms with E-state index in [1.54, 1.807) is 0 Å². The van der Waals surface area contributed by atoms with Crippen LogP contribution in [0.3, 0.4) is 0 Å². The number of hydrogen-bond donors (Lipinski definition) is 0. The third-order valence-corrected chi connectivity index (χ3v) is 3.27. The molecule has 0 saturated carbocycles. The average molecular weight is 283 g/mol. The van der Waals surface area contributed by atoms with E-state index < -0.39 is 10.8 Å². The summed E-state index contributed by atoms with van der Waals surface area (Å²) in [5.41, 5.74) is -0.245. The van der Waals surface area contributed by atoms with Gasteiger partial charge in [0.2, 0.25) is 5.91 Å². The average Bonchev–Trinajstić information content (AvgIpc) is 2.68. The number of halogens is 1. The van der Waals surface area contributed by atoms with Crippen molar-refractivity contribution >= 4 is 29.1 Å². The van der Waals surface area contributed by atoms with Crippen LogP contribution in [0.15, 0.2) is 18.2 Å². The first kappa shape index (κ1) is 13.5. The third-order valence-electron chi connectivity index (χ3n) is 2.95. The number of carbonyl (C=O) groups excluding carboxylic acids is 2. The molecule has 1 unspecified atom stereocenters. The fraction of sp³-hybridized carbons (Fsp3) is 0.333. The molecular formula is C12H11ClN2O4. The summed E-state index contributed by atoms with van der Waals surface area (Å²) in [5, 5.41) is 10.7. The van der Waals surface area contributed by atoms with Gasteiger partial charge >= 0.3 is 0 Å². The highest BCUT2D eigenvalue weighted by molar-refractivity contribution is 6.32. The number of benzene rings is 1. The second-order valence-corrected chi connectivity index (χ2v) is 4.95. The molecule has 0 N–H and O–H groups in total. The highest BCUT2D eigenvalue weighted by Crippen LogP contribution is 2.27. The quantitative estimate of drug-likeness (QED) is 0.473. The van der Waals surface area contributed by atoms with Crippen LogP contribution in [-0.2, 0) is 4.79 Å². The number of hydrogen-bond acceptors (Lipinski definition) is 4. The van der Waals surface area contributed by atoms with Gasteiger partial charge in [0.05, 0.1) is 4.92 Å². The van der Waals surface area contributed by atoms with Crippen LogP contribution in [0.2, 0.25) is 5.02 Å². The fourth-order valence-electron chi connectivity index (χ4n) is 2.02. The van der Waals surface area contributed by atoms with Crippen molar-refractivity contribution in [2.45, 2.75) is 13.3 Å². The minimum Gasteiger partial charge on any atom is -0.278 e. The molecule has 1 aromatic rings. The molecule has 2 rings (SSSR count). The van der Waals surface area contributed by atoms with Crippen molar-refractivity contribution in [3.8, 4) is 0 Å². The maximum Gasteiger partial charge on any atom is 0.288 e. The molecule has 100 valence electrons. The molecule has 0 radical (unpaired) electrons. The van der Waals surface area contributed by atoms with Crippen molar-refractivity contribution in [1.82, 2.24) is 4.90 Å². The number of amides is 2. The molecule has 0 bridgehead atoms. The van der Waals surface area contributed by atoms with Crippen molar-refractivity contribution in [3.63, 3.8) is 0 Å². The molecule has 1 aromatic carbocycles. The summed E-state index contributed by atoms with van der Waals surface area (Å²) in [6.07, 6.45) is 0.321. The maximum absolute atomic E-state index is 12.1. The first-order chi connectivity index (χ1) is 8.90. The molecule has 0 aliphatic carbocycles. The molecular weight excluding hydrogens is 272 g/mol. The molecule has 2 amide bonds. The number of imide groups is 1. The predicted molar refractivity (Wildman–Crippen MR) is 67.9 cm³/mol. The SMILES string of the molecule is CC1CC(=O)N(C(=O)c2ccc(Cl)c([N+](=O)[O-])c2)C1. The molecule has 1 heterocycles. The largest absolute Gasteiger partial charge is 0.288 e. The van der Waals surface area contributed by atoms with E-state index in [4.69, 9.17) is 11.6 Å². The van der Waals surface area contributed by atoms with Gasteiger partial charge in [-0.2, -0.15) is 0 Å². The predicted octanol–water partition coefficient (Wildman–Crippen LogP) is 2.26. The van der Waals surface area contributed by atoms with Gasteiger partial charge in [-0.15, -0.1) is 0 Å². The van der Waals surface area contributed by atoms with Gasteiger partial charge in [-0.05, 0) is 18.1 Å². The Labute approximate surface area is 114 Å². The Morgan fingerprint density at radius 3 is 2.74 bits per heavy atom. The summed E-state index contributed by atoms with van der Waals surface area (Å²) in [7, 11) is 0. The molecule has 1 aliphatic rings. The van der Waals surface area contributed by atoms with Gasteiger partial charge in [-0.3, -0.25) is 24.6 Å². The molecule has 1 aliphatic heterocycles. The molecule has 6 nitrogen and oxygen atoms in total. The van der Waals surface area contributed by atoms with E-state index in [9.17, 15) is 19.7 Å². The van der Waals surface area contributed by atoms with Crippen LogP contribution in [0.5, 0.6) is 0 Å². The summed E-state index contributed by atoms with van der Waals surface area (Å²) < 4.78 is 0. The van der Waals surface area contributed by atoms with Crippen LogP contribution in [0.4, 0.5) is 5.69 Å². The lowest BCUT2D eigenvalue weighted by molar-refractivity contribution is -0.384. The maximum atomic E-state index is 12.1. The first-order valence-corrected chi connectivity index (χ1v) is 6.06. The Kier molecular flexibility index (Phi) is 3.53. The van der Waals surface area contributed by atoms with Gasteiger partial charge in [0, 0.05) is 24.6 Å². The molecule has 1 fully saturated rings. The normalized spacial score (nSPS) is 18.7. The van der Waals surface area contributed by atoms with Gasteiger partial charge in [0.25, 0.3) is 11.6 Å². The van der Waals surface area contributed by atoms with Crippen LogP contribution in [0.1, 0.15) is 23.7 Å². The summed E-state index contributed by atoms with van der Waals surface area (Å²) in [6, 6.07) is 3.77. The van der Waals surface area contributed by atoms with E-state index >= 15 is 0 Å². The van der Waals surface area contributed by atoms with E-state index in [1.807, 2.05) is 6.92 Å². The molecule has 0 spiro atoms. The zero-order chi connectivity index (χ0) is 14.2. The standard InChI is InChI=1S/C12H11ClN2O4/c1-7-4-11(16)14(6-7)12(17)8-2-3-9(13)10(5-8)15(18)19/h2-3,5,7H,4,6H2,1H3. The van der Waals surface area contributed by atoms with E-state index in [-0.39, 0.29) is 28.1 Å². The Hall–Kier alpha value is -1.95. The van der Waals surface area contributed by atoms with E-state index in [1.165, 1.54) is 12.1 Å². The lowest BCUT2D eigenvalue weighted by Crippen LogP contribution is -2.32. The Morgan fingerprint density at radius 2 is 2.21 bits per heavy atom. The molecule has 7 heteroatoms. The van der Waals surface area contributed by atoms with Crippen LogP contribution < -0.4 is 0 Å². The lowest BCUT2D eigenvalue weighted by Gasteiger charge is -2.13. The van der Waals surface area contributed by atoms with Gasteiger partial charge in [-0.25, -0.2) is 0 Å². The fourth-order valence-corrected chi connectivity index (χ4v) is 2.21. The second-order valence-electron chi connectivity index (χ2n) is 4.54. The lowest BCUT2D eigenvalue weighted by atomic mass is 10.1. The monoisotopic (exact) mass is 282 g/mol. The second kappa shape index (κ2) is 4.97. The van der Waals surface area contributed by atoms with E-state index in [2.05, 4.69) is 0 Å². The molecule has 19 heavy (non-hydrogen) atoms. The molecule has 1 atom stereocenters. The third kappa shape index (κ3) is 2.58. The van der Waals surface area contributed by atoms with Crippen molar-refractivity contribution in [1.29, 1.82) is 0 Å². The summed E-state index contributed by atoms with van der Waals surface area (Å²) >= 11 is 5.67. The number of nitro benzene ring substituents is 1. The minimum absolute atomic E-state index is 0.0392. The Balaban J connectivity index is 2.32. The Morgan fingerprint density at radius 1 is 1.53 bits per heavy atom. The summed E-state index contributed by atoms with van der Waals surface area (Å²) in [5.74, 6) is -0.664. The number of likely N-dealkylation sites (tertiary alicyclic amines) is 1. The zero-order valence-corrected chi connectivity index (χ0v) is 10.9. The van der Waals surface area contributed by atoms with Crippen LogP contribution >= 0.6 is 11.6 Å². The summed E-state index contributed by atoms with van der Waals surface area (Å²) in [6.45, 7) is 2.21. The van der Waals surface area contributed by atoms with Crippen LogP contribution in [-0.4, -0.2) is 28.2 Å². The van der Waals surface area contributed by atoms with E-state index in [0.29, 0.717) is 13.0 Å². The van der Waals surface area contributed by atoms with Crippen molar-refractivity contribution in [3.05, 3.63) is 38.9 Å². The van der Waals surface area contributed by atoms with Crippen molar-refractivity contribution in [2.75, 3.05) is 6.54 Å². The smallest absolute Gasteiger partial charge is 0.278 e. The number of carbonyl (C=O) groups is 2. The molecule has 1 saturated heterocycles. The van der Waals surface area contributed by atoms with Gasteiger partial charge < -0.3 is 0 Å². The van der Waals surface area contributed by atoms with Crippen molar-refractivity contribution < 1.29 is 14.5 Å². The number of rotatable bonds is 2. The summed E-state index contributed by atoms with van der Waals surface area (Å²) in [4.78, 5) is 35.0. The number of nitro groups is 1. The molecule has 0 aromatic heterocycles. The van der Waals surface area contributed by atoms with Gasteiger partial charge in [0.1, 0.15) is 5.02 Å². The van der Waals surface area contributed by atoms with Crippen LogP contribution in [0.25, 0.3) is 0 Å². The topological polar surface area (TPSA) is 80.5 Å². The van der Waals surface area contributed by atoms with Crippen molar-refractivity contribution in [2.24, 2.45) is 5.92 Å². The zero-order valence-electron chi connectivity index (χ0n) is 10.1.